The molecule has 1 saturated heterocycles. The van der Waals surface area contributed by atoms with Crippen LogP contribution in [0.15, 0.2) is 66.7 Å². The summed E-state index contributed by atoms with van der Waals surface area (Å²) in [6.45, 7) is 1.95. The van der Waals surface area contributed by atoms with Crippen LogP contribution in [-0.2, 0) is 21.4 Å². The molecule has 1 aliphatic heterocycles. The molecule has 2 fully saturated rings. The van der Waals surface area contributed by atoms with E-state index in [1.165, 1.54) is 65.0 Å². The standard InChI is InChI=1S/C33H40F3N5O3S/c1-40(21-22-8-9-22)45(43,44)41-19-18-38-20-27(41)4-2-5-28-29(36)6-3-7-30(28)39-33(42)32(37)31(23-10-14-25(34)15-11-23)24-12-16-26(35)17-13-24/h3,6-7,10-17,22,27,31-32,38H,2,4-5,8-9,18-21,37H2,1H3,(H,39,42)/t27-,32-/m0/s1. The van der Waals surface area contributed by atoms with Crippen molar-refractivity contribution in [3.63, 3.8) is 0 Å². The number of benzene rings is 3. The first-order chi connectivity index (χ1) is 21.5. The smallest absolute Gasteiger partial charge is 0.282 e. The zero-order valence-corrected chi connectivity index (χ0v) is 26.1. The van der Waals surface area contributed by atoms with Crippen molar-refractivity contribution in [1.29, 1.82) is 0 Å². The predicted octanol–water partition coefficient (Wildman–Crippen LogP) is 4.38. The van der Waals surface area contributed by atoms with Crippen molar-refractivity contribution in [3.8, 4) is 0 Å². The molecule has 8 nitrogen and oxygen atoms in total. The Morgan fingerprint density at radius 2 is 1.64 bits per heavy atom. The molecule has 1 amide bonds. The molecule has 12 heteroatoms. The van der Waals surface area contributed by atoms with Gasteiger partial charge >= 0.3 is 0 Å². The van der Waals surface area contributed by atoms with Gasteiger partial charge in [0, 0.05) is 56.4 Å². The Kier molecular flexibility index (Phi) is 10.6. The largest absolute Gasteiger partial charge is 0.324 e. The van der Waals surface area contributed by atoms with Crippen LogP contribution in [0.2, 0.25) is 0 Å². The molecular weight excluding hydrogens is 603 g/mol. The minimum Gasteiger partial charge on any atom is -0.324 e. The molecule has 1 saturated carbocycles. The number of rotatable bonds is 13. The van der Waals surface area contributed by atoms with Crippen LogP contribution in [0.5, 0.6) is 0 Å². The first-order valence-electron chi connectivity index (χ1n) is 15.3. The highest BCUT2D eigenvalue weighted by molar-refractivity contribution is 7.86. The van der Waals surface area contributed by atoms with Crippen molar-refractivity contribution in [2.45, 2.75) is 50.1 Å². The maximum absolute atomic E-state index is 15.2. The van der Waals surface area contributed by atoms with Gasteiger partial charge in [-0.05, 0) is 85.5 Å². The van der Waals surface area contributed by atoms with Gasteiger partial charge in [0.1, 0.15) is 17.5 Å². The van der Waals surface area contributed by atoms with Crippen molar-refractivity contribution in [2.24, 2.45) is 11.7 Å². The van der Waals surface area contributed by atoms with E-state index >= 15 is 4.39 Å². The molecule has 3 aromatic carbocycles. The number of carbonyl (C=O) groups excluding carboxylic acids is 1. The number of anilines is 1. The van der Waals surface area contributed by atoms with Gasteiger partial charge in [0.05, 0.1) is 6.04 Å². The van der Waals surface area contributed by atoms with Crippen LogP contribution in [0.25, 0.3) is 0 Å². The van der Waals surface area contributed by atoms with Crippen molar-refractivity contribution < 1.29 is 26.4 Å². The van der Waals surface area contributed by atoms with Gasteiger partial charge in [-0.3, -0.25) is 4.79 Å². The van der Waals surface area contributed by atoms with Gasteiger partial charge in [-0.15, -0.1) is 0 Å². The summed E-state index contributed by atoms with van der Waals surface area (Å²) in [5.74, 6) is -2.29. The molecule has 3 aromatic rings. The first-order valence-corrected chi connectivity index (χ1v) is 16.7. The van der Waals surface area contributed by atoms with Crippen molar-refractivity contribution in [2.75, 3.05) is 38.5 Å². The summed E-state index contributed by atoms with van der Waals surface area (Å²) in [5, 5.41) is 6.05. The monoisotopic (exact) mass is 643 g/mol. The molecule has 45 heavy (non-hydrogen) atoms. The van der Waals surface area contributed by atoms with Gasteiger partial charge in [-0.1, -0.05) is 30.3 Å². The number of hydrogen-bond donors (Lipinski definition) is 3. The van der Waals surface area contributed by atoms with Gasteiger partial charge in [0.25, 0.3) is 10.2 Å². The Hall–Kier alpha value is -3.29. The third-order valence-corrected chi connectivity index (χ3v) is 10.7. The molecule has 242 valence electrons. The predicted molar refractivity (Wildman–Crippen MR) is 168 cm³/mol. The van der Waals surface area contributed by atoms with E-state index in [0.717, 1.165) is 12.8 Å². The van der Waals surface area contributed by atoms with Crippen LogP contribution >= 0.6 is 0 Å². The maximum Gasteiger partial charge on any atom is 0.282 e. The SMILES string of the molecule is CN(CC1CC1)S(=O)(=O)N1CCNC[C@@H]1CCCc1c(F)cccc1NC(=O)[C@@H](N)C(c1ccc(F)cc1)c1ccc(F)cc1. The number of nitrogens with zero attached hydrogens (tertiary/aromatic N) is 2. The Balaban J connectivity index is 1.28. The molecule has 0 bridgehead atoms. The van der Waals surface area contributed by atoms with E-state index in [0.29, 0.717) is 61.6 Å². The van der Waals surface area contributed by atoms with Crippen LogP contribution in [0, 0.1) is 23.4 Å². The van der Waals surface area contributed by atoms with E-state index in [9.17, 15) is 22.0 Å². The Morgan fingerprint density at radius 3 is 2.24 bits per heavy atom. The van der Waals surface area contributed by atoms with Gasteiger partial charge in [0.15, 0.2) is 0 Å². The average molecular weight is 644 g/mol. The molecule has 1 heterocycles. The highest BCUT2D eigenvalue weighted by Crippen LogP contribution is 2.32. The molecule has 2 aliphatic rings. The molecule has 0 aromatic heterocycles. The summed E-state index contributed by atoms with van der Waals surface area (Å²) < 4.78 is 72.2. The zero-order chi connectivity index (χ0) is 32.1. The van der Waals surface area contributed by atoms with E-state index in [4.69, 9.17) is 5.73 Å². The molecular formula is C33H40F3N5O3S. The van der Waals surface area contributed by atoms with Gasteiger partial charge in [0.2, 0.25) is 5.91 Å². The minimum atomic E-state index is -3.62. The van der Waals surface area contributed by atoms with Crippen LogP contribution < -0.4 is 16.4 Å². The second-order valence-electron chi connectivity index (χ2n) is 12.0. The fourth-order valence-electron chi connectivity index (χ4n) is 5.99. The van der Waals surface area contributed by atoms with Gasteiger partial charge < -0.3 is 16.4 Å². The maximum atomic E-state index is 15.2. The van der Waals surface area contributed by atoms with Crippen molar-refractivity contribution in [3.05, 3.63) is 101 Å². The van der Waals surface area contributed by atoms with E-state index in [1.807, 2.05) is 0 Å². The highest BCUT2D eigenvalue weighted by Gasteiger charge is 2.37. The van der Waals surface area contributed by atoms with E-state index in [2.05, 4.69) is 10.6 Å². The fraction of sp³-hybridized carbons (Fsp3) is 0.424. The number of nitrogens with two attached hydrogens (primary N) is 1. The lowest BCUT2D eigenvalue weighted by molar-refractivity contribution is -0.117. The van der Waals surface area contributed by atoms with Crippen molar-refractivity contribution in [1.82, 2.24) is 13.9 Å². The topological polar surface area (TPSA) is 108 Å². The Labute approximate surface area is 263 Å². The van der Waals surface area contributed by atoms with Gasteiger partial charge in [-0.2, -0.15) is 17.0 Å². The summed E-state index contributed by atoms with van der Waals surface area (Å²) in [7, 11) is -1.99. The van der Waals surface area contributed by atoms with Crippen LogP contribution in [0.4, 0.5) is 18.9 Å². The second kappa shape index (κ2) is 14.4. The zero-order valence-electron chi connectivity index (χ0n) is 25.3. The quantitative estimate of drug-likeness (QED) is 0.256. The third kappa shape index (κ3) is 8.11. The number of carbonyl (C=O) groups is 1. The molecule has 0 unspecified atom stereocenters. The first kappa shape index (κ1) is 33.1. The van der Waals surface area contributed by atoms with Gasteiger partial charge in [-0.25, -0.2) is 13.2 Å². The van der Waals surface area contributed by atoms with Crippen LogP contribution in [0.3, 0.4) is 0 Å². The lowest BCUT2D eigenvalue weighted by Gasteiger charge is -2.37. The molecule has 0 radical (unpaired) electrons. The van der Waals surface area contributed by atoms with Crippen LogP contribution in [-0.4, -0.2) is 68.2 Å². The average Bonchev–Trinajstić information content (AvgIpc) is 3.84. The number of nitrogens with one attached hydrogen (secondary N) is 2. The normalized spacial score (nSPS) is 18.3. The third-order valence-electron chi connectivity index (χ3n) is 8.66. The highest BCUT2D eigenvalue weighted by atomic mass is 32.2. The molecule has 5 rings (SSSR count). The summed E-state index contributed by atoms with van der Waals surface area (Å²) in [6.07, 6.45) is 3.35. The Bertz CT molecular complexity index is 1520. The fourth-order valence-corrected chi connectivity index (χ4v) is 7.62. The van der Waals surface area contributed by atoms with E-state index < -0.39 is 45.5 Å². The van der Waals surface area contributed by atoms with Crippen LogP contribution in [0.1, 0.15) is 48.3 Å². The summed E-state index contributed by atoms with van der Waals surface area (Å²) in [6, 6.07) is 14.1. The molecule has 2 atom stereocenters. The molecule has 1 aliphatic carbocycles. The molecule has 0 spiro atoms. The van der Waals surface area contributed by atoms with Crippen molar-refractivity contribution >= 4 is 21.8 Å². The van der Waals surface area contributed by atoms with E-state index in [1.54, 1.807) is 17.4 Å². The lowest BCUT2D eigenvalue weighted by atomic mass is 9.85. The summed E-state index contributed by atoms with van der Waals surface area (Å²) in [4.78, 5) is 13.5. The lowest BCUT2D eigenvalue weighted by Crippen LogP contribution is -2.56. The summed E-state index contributed by atoms with van der Waals surface area (Å²) in [5.41, 5.74) is 8.17. The minimum absolute atomic E-state index is 0.263. The molecule has 4 N–H and O–H groups in total. The second-order valence-corrected chi connectivity index (χ2v) is 13.9. The van der Waals surface area contributed by atoms with E-state index in [-0.39, 0.29) is 18.2 Å². The number of piperazine rings is 1. The number of halogens is 3. The number of amides is 1. The summed E-state index contributed by atoms with van der Waals surface area (Å²) >= 11 is 0. The number of hydrogen-bond acceptors (Lipinski definition) is 5. The Morgan fingerprint density at radius 1 is 1.02 bits per heavy atom.